The number of ether oxygens (including phenoxy) is 1. The van der Waals surface area contributed by atoms with Crippen molar-refractivity contribution in [3.05, 3.63) is 47.8 Å². The molecule has 0 spiro atoms. The molecule has 2 heterocycles. The second kappa shape index (κ2) is 10.2. The minimum absolute atomic E-state index is 0.0441. The van der Waals surface area contributed by atoms with E-state index in [0.717, 1.165) is 49.8 Å². The van der Waals surface area contributed by atoms with Crippen molar-refractivity contribution >= 4 is 11.9 Å². The molecule has 1 aromatic heterocycles. The number of carbonyl (C=O) groups is 1. The predicted octanol–water partition coefficient (Wildman–Crippen LogP) is 3.06. The van der Waals surface area contributed by atoms with Gasteiger partial charge in [-0.1, -0.05) is 6.07 Å². The Balaban J connectivity index is 1.66. The van der Waals surface area contributed by atoms with E-state index in [1.807, 2.05) is 26.8 Å². The van der Waals surface area contributed by atoms with Crippen molar-refractivity contribution in [2.45, 2.75) is 40.2 Å². The van der Waals surface area contributed by atoms with Crippen molar-refractivity contribution in [3.63, 3.8) is 0 Å². The summed E-state index contributed by atoms with van der Waals surface area (Å²) in [7, 11) is 0. The molecule has 0 radical (unpaired) electrons. The van der Waals surface area contributed by atoms with Crippen LogP contribution < -0.4 is 5.32 Å². The highest BCUT2D eigenvalue weighted by atomic mass is 19.1. The quantitative estimate of drug-likeness (QED) is 0.446. The fourth-order valence-corrected chi connectivity index (χ4v) is 3.66. The highest BCUT2D eigenvalue weighted by Crippen LogP contribution is 2.20. The Hall–Kier alpha value is -2.90. The molecule has 1 saturated heterocycles. The van der Waals surface area contributed by atoms with Gasteiger partial charge in [0.25, 0.3) is 0 Å². The van der Waals surface area contributed by atoms with Crippen LogP contribution in [0.4, 0.5) is 4.39 Å². The number of nitrogens with one attached hydrogen (secondary N) is 1. The third-order valence-electron chi connectivity index (χ3n) is 5.26. The highest BCUT2D eigenvalue weighted by molar-refractivity contribution is 5.80. The van der Waals surface area contributed by atoms with Crippen LogP contribution in [0.15, 0.2) is 35.6 Å². The molecule has 0 aliphatic carbocycles. The van der Waals surface area contributed by atoms with E-state index in [1.165, 1.54) is 6.07 Å². The number of carbonyl (C=O) groups excluding carboxylic acids is 1. The lowest BCUT2D eigenvalue weighted by Crippen LogP contribution is -2.46. The van der Waals surface area contributed by atoms with Crippen LogP contribution in [0.3, 0.4) is 0 Å². The molecule has 1 N–H and O–H groups in total. The summed E-state index contributed by atoms with van der Waals surface area (Å²) in [6.07, 6.45) is 4.89. The van der Waals surface area contributed by atoms with Gasteiger partial charge in [0, 0.05) is 32.0 Å². The molecule has 0 bridgehead atoms. The van der Waals surface area contributed by atoms with E-state index in [9.17, 15) is 9.18 Å². The van der Waals surface area contributed by atoms with Crippen molar-refractivity contribution in [1.29, 1.82) is 0 Å². The number of nitrogens with zero attached hydrogens (tertiary/aromatic N) is 4. The summed E-state index contributed by atoms with van der Waals surface area (Å²) in [5, 5.41) is 3.30. The van der Waals surface area contributed by atoms with Crippen LogP contribution in [0.25, 0.3) is 5.69 Å². The molecule has 2 aromatic rings. The first kappa shape index (κ1) is 21.8. The molecule has 0 saturated carbocycles. The minimum atomic E-state index is -0.302. The first-order valence-corrected chi connectivity index (χ1v) is 10.5. The number of rotatable bonds is 6. The van der Waals surface area contributed by atoms with Crippen molar-refractivity contribution < 1.29 is 13.9 Å². The molecule has 1 aliphatic heterocycles. The average Bonchev–Trinajstić information content (AvgIpc) is 3.17. The van der Waals surface area contributed by atoms with E-state index in [1.54, 1.807) is 23.0 Å². The summed E-state index contributed by atoms with van der Waals surface area (Å²) in [5.41, 5.74) is 1.27. The molecule has 30 heavy (non-hydrogen) atoms. The van der Waals surface area contributed by atoms with Crippen LogP contribution in [-0.2, 0) is 16.1 Å². The van der Waals surface area contributed by atoms with Crippen LogP contribution >= 0.6 is 0 Å². The molecule has 0 atom stereocenters. The normalized spacial score (nSPS) is 15.3. The van der Waals surface area contributed by atoms with E-state index >= 15 is 0 Å². The number of piperidine rings is 1. The van der Waals surface area contributed by atoms with Crippen LogP contribution in [0, 0.1) is 18.7 Å². The predicted molar refractivity (Wildman–Crippen MR) is 114 cm³/mol. The van der Waals surface area contributed by atoms with Crippen molar-refractivity contribution in [2.24, 2.45) is 10.9 Å². The molecule has 0 unspecified atom stereocenters. The number of guanidine groups is 1. The van der Waals surface area contributed by atoms with Gasteiger partial charge in [0.1, 0.15) is 11.6 Å². The monoisotopic (exact) mass is 415 g/mol. The van der Waals surface area contributed by atoms with Gasteiger partial charge in [-0.3, -0.25) is 4.79 Å². The summed E-state index contributed by atoms with van der Waals surface area (Å²) in [6, 6.07) is 5.17. The third-order valence-corrected chi connectivity index (χ3v) is 5.26. The van der Waals surface area contributed by atoms with Gasteiger partial charge < -0.3 is 19.5 Å². The zero-order valence-corrected chi connectivity index (χ0v) is 17.9. The van der Waals surface area contributed by atoms with E-state index < -0.39 is 0 Å². The standard InChI is InChI=1S/C22H30FN5O2/c1-4-24-22(27-11-8-18(9-12-27)21(29)30-5-2)26-15-17-6-7-20(19(23)14-17)28-13-10-25-16(28)3/h6-7,10,13-14,18H,4-5,8-9,11-12,15H2,1-3H3,(H,24,26). The van der Waals surface area contributed by atoms with Crippen molar-refractivity contribution in [1.82, 2.24) is 19.8 Å². The summed E-state index contributed by atoms with van der Waals surface area (Å²) in [4.78, 5) is 22.9. The maximum Gasteiger partial charge on any atom is 0.309 e. The summed E-state index contributed by atoms with van der Waals surface area (Å²) in [5.74, 6) is 1.07. The van der Waals surface area contributed by atoms with E-state index in [2.05, 4.69) is 15.2 Å². The minimum Gasteiger partial charge on any atom is -0.466 e. The smallest absolute Gasteiger partial charge is 0.309 e. The number of aliphatic imine (C=N–C) groups is 1. The number of aryl methyl sites for hydroxylation is 1. The third kappa shape index (κ3) is 5.17. The number of imidazole rings is 1. The highest BCUT2D eigenvalue weighted by Gasteiger charge is 2.27. The second-order valence-electron chi connectivity index (χ2n) is 7.31. The maximum absolute atomic E-state index is 14.6. The Morgan fingerprint density at radius 1 is 1.33 bits per heavy atom. The molecule has 3 rings (SSSR count). The molecule has 7 nitrogen and oxygen atoms in total. The van der Waals surface area contributed by atoms with E-state index in [-0.39, 0.29) is 17.7 Å². The Morgan fingerprint density at radius 3 is 2.70 bits per heavy atom. The molecule has 8 heteroatoms. The molecule has 162 valence electrons. The van der Waals surface area contributed by atoms with Gasteiger partial charge in [0.2, 0.25) is 0 Å². The van der Waals surface area contributed by atoms with Gasteiger partial charge in [-0.25, -0.2) is 14.4 Å². The number of aromatic nitrogens is 2. The fraction of sp³-hybridized carbons (Fsp3) is 0.500. The zero-order valence-electron chi connectivity index (χ0n) is 17.9. The molecule has 0 amide bonds. The lowest BCUT2D eigenvalue weighted by Gasteiger charge is -2.33. The average molecular weight is 416 g/mol. The molecular weight excluding hydrogens is 385 g/mol. The summed E-state index contributed by atoms with van der Waals surface area (Å²) < 4.78 is 21.5. The second-order valence-corrected chi connectivity index (χ2v) is 7.31. The Kier molecular flexibility index (Phi) is 7.43. The van der Waals surface area contributed by atoms with E-state index in [4.69, 9.17) is 9.73 Å². The largest absolute Gasteiger partial charge is 0.466 e. The van der Waals surface area contributed by atoms with Gasteiger partial charge in [-0.2, -0.15) is 0 Å². The Labute approximate surface area is 177 Å². The van der Waals surface area contributed by atoms with Crippen LogP contribution in [0.1, 0.15) is 38.1 Å². The number of benzene rings is 1. The fourth-order valence-electron chi connectivity index (χ4n) is 3.66. The Bertz CT molecular complexity index is 887. The first-order valence-electron chi connectivity index (χ1n) is 10.5. The van der Waals surface area contributed by atoms with Gasteiger partial charge >= 0.3 is 5.97 Å². The Morgan fingerprint density at radius 2 is 2.10 bits per heavy atom. The van der Waals surface area contributed by atoms with Crippen molar-refractivity contribution in [2.75, 3.05) is 26.2 Å². The van der Waals surface area contributed by atoms with Gasteiger partial charge in [0.15, 0.2) is 5.96 Å². The SMILES string of the molecule is CCNC(=NCc1ccc(-n2ccnc2C)c(F)c1)N1CCC(C(=O)OCC)CC1. The van der Waals surface area contributed by atoms with Crippen LogP contribution in [0.2, 0.25) is 0 Å². The van der Waals surface area contributed by atoms with Gasteiger partial charge in [-0.05, 0) is 51.3 Å². The van der Waals surface area contributed by atoms with Crippen LogP contribution in [-0.4, -0.2) is 52.6 Å². The molecule has 1 aromatic carbocycles. The lowest BCUT2D eigenvalue weighted by molar-refractivity contribution is -0.149. The van der Waals surface area contributed by atoms with E-state index in [0.29, 0.717) is 18.8 Å². The summed E-state index contributed by atoms with van der Waals surface area (Å²) >= 11 is 0. The first-order chi connectivity index (χ1) is 14.5. The number of hydrogen-bond acceptors (Lipinski definition) is 4. The molecule has 1 fully saturated rings. The number of halogens is 1. The van der Waals surface area contributed by atoms with Gasteiger partial charge in [0.05, 0.1) is 24.8 Å². The number of esters is 1. The lowest BCUT2D eigenvalue weighted by atomic mass is 9.97. The zero-order chi connectivity index (χ0) is 21.5. The summed E-state index contributed by atoms with van der Waals surface area (Å²) in [6.45, 7) is 8.69. The number of hydrogen-bond donors (Lipinski definition) is 1. The number of likely N-dealkylation sites (tertiary alicyclic amines) is 1. The molecular formula is C22H30FN5O2. The topological polar surface area (TPSA) is 71.8 Å². The van der Waals surface area contributed by atoms with Crippen molar-refractivity contribution in [3.8, 4) is 5.69 Å². The van der Waals surface area contributed by atoms with Crippen LogP contribution in [0.5, 0.6) is 0 Å². The van der Waals surface area contributed by atoms with Gasteiger partial charge in [-0.15, -0.1) is 0 Å². The maximum atomic E-state index is 14.6. The molecule has 1 aliphatic rings.